The number of esters is 1. The summed E-state index contributed by atoms with van der Waals surface area (Å²) in [7, 11) is 0. The third-order valence-electron chi connectivity index (χ3n) is 12.2. The molecule has 1 aromatic heterocycles. The van der Waals surface area contributed by atoms with Crippen LogP contribution in [0, 0.1) is 28.6 Å². The Kier molecular flexibility index (Phi) is 7.17. The van der Waals surface area contributed by atoms with Gasteiger partial charge in [0, 0.05) is 36.8 Å². The lowest BCUT2D eigenvalue weighted by molar-refractivity contribution is -0.202. The van der Waals surface area contributed by atoms with Crippen LogP contribution in [0.25, 0.3) is 0 Å². The summed E-state index contributed by atoms with van der Waals surface area (Å²) in [6, 6.07) is 3.42. The average Bonchev–Trinajstić information content (AvgIpc) is 3.48. The summed E-state index contributed by atoms with van der Waals surface area (Å²) in [5.74, 6) is 0.604. The molecule has 1 aliphatic heterocycles. The molecule has 5 aliphatic rings. The number of rotatable bonds is 5. The number of carbonyl (C=O) groups is 2. The Hall–Kier alpha value is -2.19. The minimum absolute atomic E-state index is 0.116. The van der Waals surface area contributed by atoms with E-state index in [0.29, 0.717) is 24.8 Å². The molecule has 0 bridgehead atoms. The van der Waals surface area contributed by atoms with E-state index in [-0.39, 0.29) is 35.2 Å². The third-order valence-corrected chi connectivity index (χ3v) is 12.2. The number of aliphatic hydroxyl groups is 1. The third kappa shape index (κ3) is 4.54. The van der Waals surface area contributed by atoms with Crippen LogP contribution in [0.2, 0.25) is 0 Å². The zero-order chi connectivity index (χ0) is 28.3. The molecule has 40 heavy (non-hydrogen) atoms. The van der Waals surface area contributed by atoms with E-state index >= 15 is 0 Å². The number of nitrogens with zero attached hydrogens (tertiary/aromatic N) is 1. The summed E-state index contributed by atoms with van der Waals surface area (Å²) in [6.45, 7) is 8.59. The molecule has 9 atom stereocenters. The first-order chi connectivity index (χ1) is 19.0. The lowest BCUT2D eigenvalue weighted by atomic mass is 9.43. The number of amides is 1. The summed E-state index contributed by atoms with van der Waals surface area (Å²) in [4.78, 5) is 38.9. The van der Waals surface area contributed by atoms with Gasteiger partial charge in [-0.25, -0.2) is 4.79 Å². The molecule has 5 fully saturated rings. The number of hydrogen-bond acceptors (Lipinski definition) is 7. The van der Waals surface area contributed by atoms with Gasteiger partial charge in [-0.15, -0.1) is 0 Å². The molecule has 8 heteroatoms. The second kappa shape index (κ2) is 10.3. The lowest BCUT2D eigenvalue weighted by Crippen LogP contribution is -2.62. The van der Waals surface area contributed by atoms with Gasteiger partial charge in [0.1, 0.15) is 6.10 Å². The summed E-state index contributed by atoms with van der Waals surface area (Å²) < 4.78 is 11.1. The molecular formula is C32H46N2O6. The monoisotopic (exact) mass is 554 g/mol. The SMILES string of the molecule is CC(=O)O[C@H]1C[C@]2(O)[C@@H]3CC[C@@H]4C[C@@H](NC(=O)CN5CCCC5)CC[C@]4(C)[C@H]3CC[C@]2(C)[C@H]1c1ccc(=O)oc1. The first-order valence-corrected chi connectivity index (χ1v) is 15.5. The van der Waals surface area contributed by atoms with Crippen LogP contribution in [0.15, 0.2) is 27.6 Å². The van der Waals surface area contributed by atoms with Crippen LogP contribution in [0.3, 0.4) is 0 Å². The molecule has 4 aliphatic carbocycles. The topological polar surface area (TPSA) is 109 Å². The minimum atomic E-state index is -0.981. The van der Waals surface area contributed by atoms with Gasteiger partial charge in [0.2, 0.25) is 5.91 Å². The first-order valence-electron chi connectivity index (χ1n) is 15.5. The standard InChI is InChI=1S/C32H46N2O6/c1-20(35)40-26-17-32(38)25-8-7-22-16-23(33-27(36)18-34-14-4-5-15-34)10-12-30(22,2)24(25)11-13-31(32,3)29(26)21-6-9-28(37)39-19-21/h6,9,19,22-26,29,38H,4-5,7-8,10-18H2,1-3H3,(H,33,36)/t22-,23+,24+,25-,26+,29+,30+,31-,32+/m1/s1. The van der Waals surface area contributed by atoms with Crippen molar-refractivity contribution in [2.45, 2.75) is 109 Å². The van der Waals surface area contributed by atoms with Crippen molar-refractivity contribution in [2.24, 2.45) is 28.6 Å². The van der Waals surface area contributed by atoms with Gasteiger partial charge in [0.25, 0.3) is 0 Å². The Bertz CT molecular complexity index is 1170. The molecule has 1 saturated heterocycles. The molecule has 2 heterocycles. The van der Waals surface area contributed by atoms with E-state index in [1.807, 2.05) is 0 Å². The molecular weight excluding hydrogens is 508 g/mol. The number of hydrogen-bond donors (Lipinski definition) is 2. The molecule has 0 spiro atoms. The maximum Gasteiger partial charge on any atom is 0.335 e. The van der Waals surface area contributed by atoms with Crippen LogP contribution in [0.5, 0.6) is 0 Å². The first kappa shape index (κ1) is 28.0. The Morgan fingerprint density at radius 1 is 1.10 bits per heavy atom. The van der Waals surface area contributed by atoms with Crippen molar-refractivity contribution in [1.29, 1.82) is 0 Å². The van der Waals surface area contributed by atoms with E-state index in [2.05, 4.69) is 24.1 Å². The van der Waals surface area contributed by atoms with Crippen LogP contribution in [0.4, 0.5) is 0 Å². The number of fused-ring (bicyclic) bond motifs is 5. The summed E-state index contributed by atoms with van der Waals surface area (Å²) in [5, 5.41) is 16.1. The Morgan fingerprint density at radius 3 is 2.58 bits per heavy atom. The Morgan fingerprint density at radius 2 is 1.88 bits per heavy atom. The molecule has 8 nitrogen and oxygen atoms in total. The van der Waals surface area contributed by atoms with Crippen molar-refractivity contribution in [3.63, 3.8) is 0 Å². The maximum atomic E-state index is 12.8. The van der Waals surface area contributed by atoms with Crippen LogP contribution >= 0.6 is 0 Å². The average molecular weight is 555 g/mol. The van der Waals surface area contributed by atoms with Crippen molar-refractivity contribution in [3.05, 3.63) is 34.4 Å². The second-order valence-corrected chi connectivity index (χ2v) is 14.1. The number of ether oxygens (including phenoxy) is 1. The predicted molar refractivity (Wildman–Crippen MR) is 149 cm³/mol. The fraction of sp³-hybridized carbons (Fsp3) is 0.781. The molecule has 2 N–H and O–H groups in total. The van der Waals surface area contributed by atoms with Crippen LogP contribution in [-0.2, 0) is 14.3 Å². The van der Waals surface area contributed by atoms with Gasteiger partial charge >= 0.3 is 11.6 Å². The summed E-state index contributed by atoms with van der Waals surface area (Å²) in [5.41, 5.74) is -0.967. The molecule has 6 rings (SSSR count). The lowest BCUT2D eigenvalue weighted by Gasteiger charge is -2.63. The van der Waals surface area contributed by atoms with Crippen LogP contribution in [0.1, 0.15) is 96.5 Å². The highest BCUT2D eigenvalue weighted by atomic mass is 16.5. The molecule has 4 saturated carbocycles. The van der Waals surface area contributed by atoms with Gasteiger partial charge in [-0.2, -0.15) is 0 Å². The van der Waals surface area contributed by atoms with Crippen LogP contribution < -0.4 is 10.9 Å². The van der Waals surface area contributed by atoms with Gasteiger partial charge in [0.15, 0.2) is 0 Å². The van der Waals surface area contributed by atoms with Crippen molar-refractivity contribution in [3.8, 4) is 0 Å². The van der Waals surface area contributed by atoms with E-state index in [9.17, 15) is 19.5 Å². The van der Waals surface area contributed by atoms with Gasteiger partial charge in [-0.05, 0) is 106 Å². The Labute approximate surface area is 237 Å². The second-order valence-electron chi connectivity index (χ2n) is 14.1. The quantitative estimate of drug-likeness (QED) is 0.530. The van der Waals surface area contributed by atoms with E-state index in [4.69, 9.17) is 9.15 Å². The number of carbonyl (C=O) groups excluding carboxylic acids is 2. The highest BCUT2D eigenvalue weighted by molar-refractivity contribution is 5.78. The fourth-order valence-corrected chi connectivity index (χ4v) is 10.2. The summed E-state index contributed by atoms with van der Waals surface area (Å²) in [6.07, 6.45) is 10.7. The van der Waals surface area contributed by atoms with Crippen LogP contribution in [-0.4, -0.2) is 59.3 Å². The number of nitrogens with one attached hydrogen (secondary N) is 1. The zero-order valence-electron chi connectivity index (χ0n) is 24.3. The van der Waals surface area contributed by atoms with E-state index in [1.165, 1.54) is 32.1 Å². The van der Waals surface area contributed by atoms with Gasteiger partial charge in [0.05, 0.1) is 18.4 Å². The Balaban J connectivity index is 1.21. The normalized spacial score (nSPS) is 42.9. The molecule has 1 amide bonds. The van der Waals surface area contributed by atoms with E-state index in [1.54, 1.807) is 6.07 Å². The van der Waals surface area contributed by atoms with Gasteiger partial charge < -0.3 is 19.6 Å². The van der Waals surface area contributed by atoms with Crippen molar-refractivity contribution in [2.75, 3.05) is 19.6 Å². The molecule has 220 valence electrons. The number of likely N-dealkylation sites (tertiary alicyclic amines) is 1. The maximum absolute atomic E-state index is 12.8. The van der Waals surface area contributed by atoms with Gasteiger partial charge in [-0.3, -0.25) is 14.5 Å². The minimum Gasteiger partial charge on any atom is -0.462 e. The molecule has 0 radical (unpaired) electrons. The smallest absolute Gasteiger partial charge is 0.335 e. The zero-order valence-corrected chi connectivity index (χ0v) is 24.3. The van der Waals surface area contributed by atoms with E-state index < -0.39 is 22.7 Å². The molecule has 0 unspecified atom stereocenters. The van der Waals surface area contributed by atoms with Crippen molar-refractivity contribution < 1.29 is 23.8 Å². The largest absolute Gasteiger partial charge is 0.462 e. The molecule has 1 aromatic rings. The highest BCUT2D eigenvalue weighted by Crippen LogP contribution is 2.70. The fourth-order valence-electron chi connectivity index (χ4n) is 10.2. The van der Waals surface area contributed by atoms with Gasteiger partial charge in [-0.1, -0.05) is 13.8 Å². The van der Waals surface area contributed by atoms with Crippen molar-refractivity contribution in [1.82, 2.24) is 10.2 Å². The summed E-state index contributed by atoms with van der Waals surface area (Å²) >= 11 is 0. The predicted octanol–water partition coefficient (Wildman–Crippen LogP) is 4.00. The highest BCUT2D eigenvalue weighted by Gasteiger charge is 2.70. The molecule has 0 aromatic carbocycles. The van der Waals surface area contributed by atoms with Crippen molar-refractivity contribution >= 4 is 11.9 Å². The van der Waals surface area contributed by atoms with E-state index in [0.717, 1.165) is 63.6 Å².